The Hall–Kier alpha value is -0.960. The van der Waals surface area contributed by atoms with Crippen molar-refractivity contribution in [2.24, 2.45) is 23.7 Å². The van der Waals surface area contributed by atoms with E-state index in [1.807, 2.05) is 0 Å². The van der Waals surface area contributed by atoms with E-state index in [-0.39, 0.29) is 5.92 Å². The lowest BCUT2D eigenvalue weighted by atomic mass is 9.71. The molecule has 30 heavy (non-hydrogen) atoms. The summed E-state index contributed by atoms with van der Waals surface area (Å²) in [6.45, 7) is 4.89. The molecular formula is C27H40F2O. The van der Waals surface area contributed by atoms with Crippen LogP contribution in [0.25, 0.3) is 0 Å². The normalized spacial score (nSPS) is 35.3. The fraction of sp³-hybridized carbons (Fsp3) is 0.778. The van der Waals surface area contributed by atoms with Crippen LogP contribution in [-0.4, -0.2) is 12.7 Å². The second kappa shape index (κ2) is 10.1. The summed E-state index contributed by atoms with van der Waals surface area (Å²) in [5.41, 5.74) is 0.980. The van der Waals surface area contributed by atoms with E-state index >= 15 is 0 Å². The molecule has 2 saturated carbocycles. The largest absolute Gasteiger partial charge is 0.378 e. The van der Waals surface area contributed by atoms with Crippen LogP contribution in [0.3, 0.4) is 0 Å². The van der Waals surface area contributed by atoms with Gasteiger partial charge in [0.25, 0.3) is 0 Å². The van der Waals surface area contributed by atoms with Crippen LogP contribution >= 0.6 is 0 Å². The summed E-state index contributed by atoms with van der Waals surface area (Å²) >= 11 is 0. The number of hydrogen-bond donors (Lipinski definition) is 0. The molecule has 0 aromatic heterocycles. The molecule has 3 fully saturated rings. The number of ether oxygens (including phenoxy) is 1. The van der Waals surface area contributed by atoms with Crippen molar-refractivity contribution < 1.29 is 13.5 Å². The Morgan fingerprint density at radius 2 is 1.47 bits per heavy atom. The third-order valence-electron chi connectivity index (χ3n) is 8.64. The smallest absolute Gasteiger partial charge is 0.162 e. The van der Waals surface area contributed by atoms with Crippen molar-refractivity contribution in [3.8, 4) is 0 Å². The van der Waals surface area contributed by atoms with Gasteiger partial charge in [-0.3, -0.25) is 0 Å². The number of rotatable bonds is 5. The van der Waals surface area contributed by atoms with Crippen molar-refractivity contribution in [2.75, 3.05) is 6.61 Å². The molecule has 3 aliphatic rings. The summed E-state index contributed by atoms with van der Waals surface area (Å²) in [5, 5.41) is 0. The molecule has 1 aliphatic heterocycles. The fourth-order valence-corrected chi connectivity index (χ4v) is 6.67. The highest BCUT2D eigenvalue weighted by molar-refractivity contribution is 5.28. The van der Waals surface area contributed by atoms with Crippen molar-refractivity contribution in [3.63, 3.8) is 0 Å². The van der Waals surface area contributed by atoms with E-state index in [2.05, 4.69) is 6.92 Å². The lowest BCUT2D eigenvalue weighted by Gasteiger charge is -2.41. The molecule has 0 radical (unpaired) electrons. The van der Waals surface area contributed by atoms with Crippen molar-refractivity contribution in [3.05, 3.63) is 34.9 Å². The molecule has 1 nitrogen and oxygen atoms in total. The van der Waals surface area contributed by atoms with Crippen LogP contribution in [0.2, 0.25) is 0 Å². The van der Waals surface area contributed by atoms with E-state index in [4.69, 9.17) is 4.74 Å². The Bertz CT molecular complexity index is 678. The van der Waals surface area contributed by atoms with E-state index in [0.717, 1.165) is 50.0 Å². The van der Waals surface area contributed by atoms with Gasteiger partial charge in [0.2, 0.25) is 0 Å². The first-order valence-corrected chi connectivity index (χ1v) is 12.6. The van der Waals surface area contributed by atoms with Gasteiger partial charge >= 0.3 is 0 Å². The molecule has 1 aromatic carbocycles. The summed E-state index contributed by atoms with van der Waals surface area (Å²) in [5.74, 6) is 2.10. The molecule has 0 N–H and O–H groups in total. The minimum atomic E-state index is -0.667. The van der Waals surface area contributed by atoms with Gasteiger partial charge in [0.15, 0.2) is 11.6 Å². The van der Waals surface area contributed by atoms with Crippen LogP contribution in [0.1, 0.15) is 101 Å². The van der Waals surface area contributed by atoms with E-state index < -0.39 is 11.6 Å². The maximum Gasteiger partial charge on any atom is 0.162 e. The topological polar surface area (TPSA) is 9.23 Å². The molecule has 168 valence electrons. The molecule has 4 rings (SSSR count). The fourth-order valence-electron chi connectivity index (χ4n) is 6.67. The predicted molar refractivity (Wildman–Crippen MR) is 119 cm³/mol. The number of benzene rings is 1. The average molecular weight is 419 g/mol. The van der Waals surface area contributed by atoms with Crippen LogP contribution in [0, 0.1) is 42.2 Å². The van der Waals surface area contributed by atoms with Crippen molar-refractivity contribution >= 4 is 0 Å². The third kappa shape index (κ3) is 4.92. The molecule has 1 aromatic rings. The molecule has 0 bridgehead atoms. The zero-order valence-electron chi connectivity index (χ0n) is 19.0. The maximum atomic E-state index is 14.4. The van der Waals surface area contributed by atoms with Gasteiger partial charge in [0, 0.05) is 0 Å². The van der Waals surface area contributed by atoms with Gasteiger partial charge in [-0.1, -0.05) is 44.7 Å². The molecule has 2 atom stereocenters. The van der Waals surface area contributed by atoms with Gasteiger partial charge < -0.3 is 4.74 Å². The summed E-state index contributed by atoms with van der Waals surface area (Å²) in [6.07, 6.45) is 15.4. The van der Waals surface area contributed by atoms with Gasteiger partial charge in [-0.2, -0.15) is 0 Å². The van der Waals surface area contributed by atoms with E-state index in [1.165, 1.54) is 51.4 Å². The SMILES string of the molecule is CCCC1CCC(C2CCC(C3CCC(c4ccc(C)c(F)c4F)CC3)OC2)CC1. The minimum Gasteiger partial charge on any atom is -0.378 e. The summed E-state index contributed by atoms with van der Waals surface area (Å²) in [4.78, 5) is 0. The summed E-state index contributed by atoms with van der Waals surface area (Å²) in [6, 6.07) is 3.52. The van der Waals surface area contributed by atoms with Gasteiger partial charge in [0.05, 0.1) is 12.7 Å². The van der Waals surface area contributed by atoms with Gasteiger partial charge in [0.1, 0.15) is 0 Å². The predicted octanol–water partition coefficient (Wildman–Crippen LogP) is 7.95. The Morgan fingerprint density at radius 3 is 2.10 bits per heavy atom. The zero-order valence-corrected chi connectivity index (χ0v) is 19.0. The third-order valence-corrected chi connectivity index (χ3v) is 8.64. The van der Waals surface area contributed by atoms with Crippen LogP contribution in [0.5, 0.6) is 0 Å². The minimum absolute atomic E-state index is 0.158. The second-order valence-corrected chi connectivity index (χ2v) is 10.5. The summed E-state index contributed by atoms with van der Waals surface area (Å²) in [7, 11) is 0. The standard InChI is InChI=1S/C27H40F2O/c1-3-4-19-6-8-20(9-7-19)23-14-16-25(30-17-23)22-12-10-21(11-13-22)24-15-5-18(2)26(28)27(24)29/h5,15,19-23,25H,3-4,6-14,16-17H2,1-2H3. The Labute approximate surface area is 182 Å². The molecule has 0 amide bonds. The number of aryl methyl sites for hydroxylation is 1. The molecule has 1 saturated heterocycles. The van der Waals surface area contributed by atoms with Crippen molar-refractivity contribution in [2.45, 2.75) is 103 Å². The highest BCUT2D eigenvalue weighted by Gasteiger charge is 2.36. The Morgan fingerprint density at radius 1 is 0.800 bits per heavy atom. The van der Waals surface area contributed by atoms with E-state index in [9.17, 15) is 8.78 Å². The van der Waals surface area contributed by atoms with Crippen LogP contribution in [0.15, 0.2) is 12.1 Å². The van der Waals surface area contributed by atoms with Crippen LogP contribution < -0.4 is 0 Å². The summed E-state index contributed by atoms with van der Waals surface area (Å²) < 4.78 is 34.8. The molecule has 1 heterocycles. The molecular weight excluding hydrogens is 378 g/mol. The van der Waals surface area contributed by atoms with Crippen molar-refractivity contribution in [1.82, 2.24) is 0 Å². The van der Waals surface area contributed by atoms with Gasteiger partial charge in [-0.15, -0.1) is 0 Å². The average Bonchev–Trinajstić information content (AvgIpc) is 2.79. The van der Waals surface area contributed by atoms with Crippen LogP contribution in [0.4, 0.5) is 8.78 Å². The molecule has 0 spiro atoms. The first-order chi connectivity index (χ1) is 14.6. The molecule has 2 aliphatic carbocycles. The van der Waals surface area contributed by atoms with Crippen LogP contribution in [-0.2, 0) is 4.74 Å². The van der Waals surface area contributed by atoms with Gasteiger partial charge in [-0.05, 0) is 99.0 Å². The quantitative estimate of drug-likeness (QED) is 0.471. The maximum absolute atomic E-state index is 14.4. The van der Waals surface area contributed by atoms with E-state index in [0.29, 0.717) is 23.1 Å². The lowest BCUT2D eigenvalue weighted by molar-refractivity contribution is -0.0724. The monoisotopic (exact) mass is 418 g/mol. The van der Waals surface area contributed by atoms with E-state index in [1.54, 1.807) is 19.1 Å². The van der Waals surface area contributed by atoms with Gasteiger partial charge in [-0.25, -0.2) is 8.78 Å². The second-order valence-electron chi connectivity index (χ2n) is 10.5. The Balaban J connectivity index is 1.23. The lowest BCUT2D eigenvalue weighted by Crippen LogP contribution is -2.37. The number of halogens is 2. The van der Waals surface area contributed by atoms with Crippen molar-refractivity contribution in [1.29, 1.82) is 0 Å². The first-order valence-electron chi connectivity index (χ1n) is 12.6. The highest BCUT2D eigenvalue weighted by Crippen LogP contribution is 2.43. The first kappa shape index (κ1) is 22.2. The zero-order chi connectivity index (χ0) is 21.1. The Kier molecular flexibility index (Phi) is 7.49. The molecule has 2 unspecified atom stereocenters. The molecule has 3 heteroatoms. The highest BCUT2D eigenvalue weighted by atomic mass is 19.2. The number of hydrogen-bond acceptors (Lipinski definition) is 1.